The van der Waals surface area contributed by atoms with Crippen molar-refractivity contribution in [2.75, 3.05) is 44.8 Å². The van der Waals surface area contributed by atoms with Gasteiger partial charge in [0.1, 0.15) is 0 Å². The molecule has 162 valence electrons. The van der Waals surface area contributed by atoms with Crippen LogP contribution in [0.15, 0.2) is 48.5 Å². The molecule has 30 heavy (non-hydrogen) atoms. The van der Waals surface area contributed by atoms with Crippen LogP contribution in [0, 0.1) is 0 Å². The second kappa shape index (κ2) is 10.6. The van der Waals surface area contributed by atoms with Crippen LogP contribution in [0.1, 0.15) is 42.3 Å². The summed E-state index contributed by atoms with van der Waals surface area (Å²) in [6.45, 7) is 12.6. The van der Waals surface area contributed by atoms with Gasteiger partial charge in [0.15, 0.2) is 0 Å². The van der Waals surface area contributed by atoms with Gasteiger partial charge < -0.3 is 14.5 Å². The fourth-order valence-electron chi connectivity index (χ4n) is 3.85. The molecule has 1 aliphatic rings. The predicted octanol–water partition coefficient (Wildman–Crippen LogP) is 4.03. The van der Waals surface area contributed by atoms with E-state index in [9.17, 15) is 4.79 Å². The quantitative estimate of drug-likeness (QED) is 0.660. The van der Waals surface area contributed by atoms with Gasteiger partial charge in [0.05, 0.1) is 13.2 Å². The SMILES string of the molecule is CCN(Cc1ccc(C(=O)N(C)Cc2ccc(N3CCOCC3)cc2)cc1)C(C)C. The first-order chi connectivity index (χ1) is 14.5. The van der Waals surface area contributed by atoms with E-state index >= 15 is 0 Å². The smallest absolute Gasteiger partial charge is 0.253 e. The molecule has 0 radical (unpaired) electrons. The van der Waals surface area contributed by atoms with Gasteiger partial charge in [0, 0.05) is 50.5 Å². The van der Waals surface area contributed by atoms with Crippen LogP contribution >= 0.6 is 0 Å². The lowest BCUT2D eigenvalue weighted by atomic mass is 10.1. The molecular formula is C25H35N3O2. The Bertz CT molecular complexity index is 796. The standard InChI is InChI=1S/C25H35N3O2/c1-5-27(20(2)3)19-22-6-10-23(11-7-22)25(29)26(4)18-21-8-12-24(13-9-21)28-14-16-30-17-15-28/h6-13,20H,5,14-19H2,1-4H3. The Morgan fingerprint density at radius 2 is 1.53 bits per heavy atom. The first-order valence-corrected chi connectivity index (χ1v) is 11.0. The highest BCUT2D eigenvalue weighted by molar-refractivity contribution is 5.94. The number of rotatable bonds is 8. The Morgan fingerprint density at radius 1 is 0.967 bits per heavy atom. The minimum atomic E-state index is 0.0509. The highest BCUT2D eigenvalue weighted by Gasteiger charge is 2.14. The van der Waals surface area contributed by atoms with E-state index in [-0.39, 0.29) is 5.91 Å². The number of carbonyl (C=O) groups is 1. The number of anilines is 1. The molecule has 0 saturated carbocycles. The van der Waals surface area contributed by atoms with E-state index in [2.05, 4.69) is 67.0 Å². The van der Waals surface area contributed by atoms with Gasteiger partial charge >= 0.3 is 0 Å². The molecule has 0 unspecified atom stereocenters. The second-order valence-electron chi connectivity index (χ2n) is 8.28. The van der Waals surface area contributed by atoms with Crippen molar-refractivity contribution in [3.05, 3.63) is 65.2 Å². The number of morpholine rings is 1. The second-order valence-corrected chi connectivity index (χ2v) is 8.28. The zero-order valence-electron chi connectivity index (χ0n) is 18.8. The number of carbonyl (C=O) groups excluding carboxylic acids is 1. The molecule has 5 heteroatoms. The lowest BCUT2D eigenvalue weighted by Gasteiger charge is -2.29. The molecule has 3 rings (SSSR count). The first kappa shape index (κ1) is 22.3. The fourth-order valence-corrected chi connectivity index (χ4v) is 3.85. The van der Waals surface area contributed by atoms with Crippen LogP contribution in [-0.2, 0) is 17.8 Å². The molecule has 0 aromatic heterocycles. The molecule has 1 aliphatic heterocycles. The van der Waals surface area contributed by atoms with Crippen LogP contribution in [0.25, 0.3) is 0 Å². The van der Waals surface area contributed by atoms with Gasteiger partial charge in [0.25, 0.3) is 5.91 Å². The number of nitrogens with zero attached hydrogens (tertiary/aromatic N) is 3. The molecule has 0 bridgehead atoms. The highest BCUT2D eigenvalue weighted by atomic mass is 16.5. The van der Waals surface area contributed by atoms with Crippen LogP contribution in [0.2, 0.25) is 0 Å². The van der Waals surface area contributed by atoms with Gasteiger partial charge in [-0.3, -0.25) is 9.69 Å². The molecule has 1 fully saturated rings. The third-order valence-electron chi connectivity index (χ3n) is 5.80. The van der Waals surface area contributed by atoms with E-state index in [1.54, 1.807) is 4.90 Å². The van der Waals surface area contributed by atoms with Crippen LogP contribution in [0.4, 0.5) is 5.69 Å². The van der Waals surface area contributed by atoms with Gasteiger partial charge in [-0.15, -0.1) is 0 Å². The third-order valence-corrected chi connectivity index (χ3v) is 5.80. The summed E-state index contributed by atoms with van der Waals surface area (Å²) in [4.78, 5) is 19.4. The molecule has 0 aliphatic carbocycles. The van der Waals surface area contributed by atoms with Gasteiger partial charge in [-0.2, -0.15) is 0 Å². The van der Waals surface area contributed by atoms with Crippen molar-refractivity contribution in [1.29, 1.82) is 0 Å². The number of hydrogen-bond acceptors (Lipinski definition) is 4. The minimum Gasteiger partial charge on any atom is -0.378 e. The summed E-state index contributed by atoms with van der Waals surface area (Å²) in [6.07, 6.45) is 0. The lowest BCUT2D eigenvalue weighted by molar-refractivity contribution is 0.0785. The molecule has 0 N–H and O–H groups in total. The van der Waals surface area contributed by atoms with Crippen LogP contribution in [0.3, 0.4) is 0 Å². The summed E-state index contributed by atoms with van der Waals surface area (Å²) in [6, 6.07) is 17.1. The van der Waals surface area contributed by atoms with E-state index in [0.717, 1.165) is 50.5 Å². The van der Waals surface area contributed by atoms with Gasteiger partial charge in [0.2, 0.25) is 0 Å². The zero-order chi connectivity index (χ0) is 21.5. The molecule has 1 saturated heterocycles. The van der Waals surface area contributed by atoms with Crippen molar-refractivity contribution < 1.29 is 9.53 Å². The molecule has 1 amide bonds. The average Bonchev–Trinajstić information content (AvgIpc) is 2.78. The van der Waals surface area contributed by atoms with Crippen molar-refractivity contribution in [1.82, 2.24) is 9.80 Å². The predicted molar refractivity (Wildman–Crippen MR) is 123 cm³/mol. The molecule has 0 spiro atoms. The summed E-state index contributed by atoms with van der Waals surface area (Å²) in [5.74, 6) is 0.0509. The van der Waals surface area contributed by atoms with Gasteiger partial charge in [-0.05, 0) is 55.8 Å². The Balaban J connectivity index is 1.57. The van der Waals surface area contributed by atoms with E-state index in [0.29, 0.717) is 12.6 Å². The molecule has 0 atom stereocenters. The van der Waals surface area contributed by atoms with Crippen molar-refractivity contribution in [3.63, 3.8) is 0 Å². The van der Waals surface area contributed by atoms with E-state index in [1.807, 2.05) is 19.2 Å². The Labute approximate surface area is 181 Å². The lowest BCUT2D eigenvalue weighted by Crippen LogP contribution is -2.36. The Kier molecular flexibility index (Phi) is 7.88. The van der Waals surface area contributed by atoms with Crippen LogP contribution in [0.5, 0.6) is 0 Å². The van der Waals surface area contributed by atoms with Crippen LogP contribution in [-0.4, -0.2) is 61.6 Å². The van der Waals surface area contributed by atoms with Crippen molar-refractivity contribution in [2.24, 2.45) is 0 Å². The average molecular weight is 410 g/mol. The number of benzene rings is 2. The minimum absolute atomic E-state index is 0.0509. The Hall–Kier alpha value is -2.37. The molecule has 2 aromatic rings. The third kappa shape index (κ3) is 5.83. The van der Waals surface area contributed by atoms with E-state index in [1.165, 1.54) is 11.3 Å². The maximum atomic E-state index is 12.9. The molecule has 5 nitrogen and oxygen atoms in total. The summed E-state index contributed by atoms with van der Waals surface area (Å²) < 4.78 is 5.42. The summed E-state index contributed by atoms with van der Waals surface area (Å²) in [5.41, 5.74) is 4.33. The fraction of sp³-hybridized carbons (Fsp3) is 0.480. The number of hydrogen-bond donors (Lipinski definition) is 0. The highest BCUT2D eigenvalue weighted by Crippen LogP contribution is 2.18. The van der Waals surface area contributed by atoms with Gasteiger partial charge in [-0.1, -0.05) is 31.2 Å². The first-order valence-electron chi connectivity index (χ1n) is 11.0. The molecule has 2 aromatic carbocycles. The van der Waals surface area contributed by atoms with Crippen molar-refractivity contribution in [3.8, 4) is 0 Å². The number of amides is 1. The number of ether oxygens (including phenoxy) is 1. The molecular weight excluding hydrogens is 374 g/mol. The normalized spacial score (nSPS) is 14.4. The summed E-state index contributed by atoms with van der Waals surface area (Å²) in [7, 11) is 1.86. The molecule has 1 heterocycles. The maximum Gasteiger partial charge on any atom is 0.253 e. The zero-order valence-corrected chi connectivity index (χ0v) is 18.8. The topological polar surface area (TPSA) is 36.0 Å². The van der Waals surface area contributed by atoms with E-state index in [4.69, 9.17) is 4.74 Å². The maximum absolute atomic E-state index is 12.9. The van der Waals surface area contributed by atoms with Crippen LogP contribution < -0.4 is 4.90 Å². The largest absolute Gasteiger partial charge is 0.378 e. The van der Waals surface area contributed by atoms with Gasteiger partial charge in [-0.25, -0.2) is 0 Å². The Morgan fingerprint density at radius 3 is 2.10 bits per heavy atom. The summed E-state index contributed by atoms with van der Waals surface area (Å²) in [5, 5.41) is 0. The van der Waals surface area contributed by atoms with Crippen molar-refractivity contribution >= 4 is 11.6 Å². The van der Waals surface area contributed by atoms with Crippen molar-refractivity contribution in [2.45, 2.75) is 39.9 Å². The van der Waals surface area contributed by atoms with E-state index < -0.39 is 0 Å². The summed E-state index contributed by atoms with van der Waals surface area (Å²) >= 11 is 0. The monoisotopic (exact) mass is 409 g/mol.